The third-order valence-corrected chi connectivity index (χ3v) is 5.17. The molecule has 5 nitrogen and oxygen atoms in total. The lowest BCUT2D eigenvalue weighted by Gasteiger charge is -2.12. The second kappa shape index (κ2) is 9.46. The minimum Gasteiger partial charge on any atom is -0.384 e. The van der Waals surface area contributed by atoms with Gasteiger partial charge in [0.15, 0.2) is 0 Å². The van der Waals surface area contributed by atoms with Crippen LogP contribution in [0.4, 0.5) is 5.69 Å². The number of unbranched alkanes of at least 4 members (excludes halogenated alkanes) is 1. The van der Waals surface area contributed by atoms with Crippen molar-refractivity contribution in [3.05, 3.63) is 29.8 Å². The van der Waals surface area contributed by atoms with Crippen LogP contribution in [0.15, 0.2) is 24.3 Å². The van der Waals surface area contributed by atoms with E-state index in [9.17, 15) is 13.2 Å². The second-order valence-corrected chi connectivity index (χ2v) is 7.64. The normalized spacial score (nSPS) is 11.2. The molecule has 1 aromatic rings. The molecule has 124 valence electrons. The van der Waals surface area contributed by atoms with Crippen molar-refractivity contribution in [1.29, 1.82) is 0 Å². The number of sulfone groups is 1. The first-order chi connectivity index (χ1) is 10.5. The van der Waals surface area contributed by atoms with Crippen molar-refractivity contribution < 1.29 is 13.2 Å². The average molecular weight is 326 g/mol. The van der Waals surface area contributed by atoms with Crippen LogP contribution in [-0.4, -0.2) is 38.9 Å². The van der Waals surface area contributed by atoms with Crippen LogP contribution in [0.2, 0.25) is 0 Å². The predicted octanol–water partition coefficient (Wildman–Crippen LogP) is 2.45. The zero-order valence-electron chi connectivity index (χ0n) is 13.4. The quantitative estimate of drug-likeness (QED) is 0.648. The Morgan fingerprint density at radius 3 is 2.50 bits per heavy atom. The molecule has 0 atom stereocenters. The van der Waals surface area contributed by atoms with Crippen LogP contribution in [0.25, 0.3) is 0 Å². The van der Waals surface area contributed by atoms with Gasteiger partial charge in [-0.3, -0.25) is 4.79 Å². The number of hydrogen-bond acceptors (Lipinski definition) is 4. The lowest BCUT2D eigenvalue weighted by molar-refractivity contribution is 0.0954. The van der Waals surface area contributed by atoms with Crippen LogP contribution < -0.4 is 10.6 Å². The van der Waals surface area contributed by atoms with Gasteiger partial charge in [-0.05, 0) is 25.0 Å². The molecule has 0 aromatic heterocycles. The SMILES string of the molecule is CCCCNc1ccccc1C(=O)NCCCS(=O)(=O)CC. The summed E-state index contributed by atoms with van der Waals surface area (Å²) in [7, 11) is -2.97. The van der Waals surface area contributed by atoms with Gasteiger partial charge in [0.25, 0.3) is 5.91 Å². The standard InChI is InChI=1S/C16H26N2O3S/c1-3-5-11-17-15-10-7-6-9-14(15)16(19)18-12-8-13-22(20,21)4-2/h6-7,9-10,17H,3-5,8,11-13H2,1-2H3,(H,18,19). The molecule has 0 saturated heterocycles. The van der Waals surface area contributed by atoms with Crippen molar-refractivity contribution >= 4 is 21.4 Å². The Hall–Kier alpha value is -1.56. The topological polar surface area (TPSA) is 75.3 Å². The van der Waals surface area contributed by atoms with Crippen LogP contribution in [0.1, 0.15) is 43.5 Å². The van der Waals surface area contributed by atoms with E-state index in [0.29, 0.717) is 18.5 Å². The summed E-state index contributed by atoms with van der Waals surface area (Å²) >= 11 is 0. The molecular weight excluding hydrogens is 300 g/mol. The van der Waals surface area contributed by atoms with Gasteiger partial charge in [-0.25, -0.2) is 8.42 Å². The molecule has 6 heteroatoms. The predicted molar refractivity (Wildman–Crippen MR) is 91.1 cm³/mol. The number of hydrogen-bond donors (Lipinski definition) is 2. The monoisotopic (exact) mass is 326 g/mol. The molecule has 0 fully saturated rings. The van der Waals surface area contributed by atoms with Crippen molar-refractivity contribution in [3.8, 4) is 0 Å². The fourth-order valence-corrected chi connectivity index (χ4v) is 2.84. The fourth-order valence-electron chi connectivity index (χ4n) is 1.97. The van der Waals surface area contributed by atoms with E-state index in [1.807, 2.05) is 18.2 Å². The summed E-state index contributed by atoms with van der Waals surface area (Å²) in [6.45, 7) is 4.94. The summed E-state index contributed by atoms with van der Waals surface area (Å²) in [6.07, 6.45) is 2.57. The van der Waals surface area contributed by atoms with Crippen LogP contribution in [0, 0.1) is 0 Å². The first kappa shape index (κ1) is 18.5. The van der Waals surface area contributed by atoms with Gasteiger partial charge in [0.05, 0.1) is 11.3 Å². The number of anilines is 1. The average Bonchev–Trinajstić information content (AvgIpc) is 2.52. The van der Waals surface area contributed by atoms with E-state index in [0.717, 1.165) is 25.1 Å². The molecule has 0 saturated carbocycles. The number of rotatable bonds is 10. The van der Waals surface area contributed by atoms with Gasteiger partial charge < -0.3 is 10.6 Å². The van der Waals surface area contributed by atoms with Crippen molar-refractivity contribution in [2.45, 2.75) is 33.1 Å². The molecule has 2 N–H and O–H groups in total. The molecule has 0 bridgehead atoms. The zero-order valence-corrected chi connectivity index (χ0v) is 14.2. The lowest BCUT2D eigenvalue weighted by atomic mass is 10.1. The summed E-state index contributed by atoms with van der Waals surface area (Å²) in [5.41, 5.74) is 1.41. The highest BCUT2D eigenvalue weighted by molar-refractivity contribution is 7.91. The molecule has 0 aliphatic rings. The lowest BCUT2D eigenvalue weighted by Crippen LogP contribution is -2.27. The van der Waals surface area contributed by atoms with Crippen LogP contribution in [0.5, 0.6) is 0 Å². The van der Waals surface area contributed by atoms with Gasteiger partial charge in [-0.15, -0.1) is 0 Å². The number of benzene rings is 1. The summed E-state index contributed by atoms with van der Waals surface area (Å²) in [4.78, 5) is 12.2. The summed E-state index contributed by atoms with van der Waals surface area (Å²) in [5.74, 6) is 0.0826. The Bertz CT molecular complexity index is 571. The van der Waals surface area contributed by atoms with Gasteiger partial charge >= 0.3 is 0 Å². The number of carbonyl (C=O) groups excluding carboxylic acids is 1. The molecule has 0 unspecified atom stereocenters. The molecule has 0 aliphatic carbocycles. The number of amides is 1. The Labute approximate surface area is 133 Å². The first-order valence-corrected chi connectivity index (χ1v) is 9.63. The third kappa shape index (κ3) is 6.47. The van der Waals surface area contributed by atoms with Gasteiger partial charge in [0, 0.05) is 24.5 Å². The van der Waals surface area contributed by atoms with E-state index >= 15 is 0 Å². The van der Waals surface area contributed by atoms with Crippen LogP contribution in [0.3, 0.4) is 0 Å². The molecule has 0 radical (unpaired) electrons. The van der Waals surface area contributed by atoms with E-state index in [4.69, 9.17) is 0 Å². The summed E-state index contributed by atoms with van der Waals surface area (Å²) in [5, 5.41) is 6.05. The maximum absolute atomic E-state index is 12.2. The Kier molecular flexibility index (Phi) is 7.95. The maximum atomic E-state index is 12.2. The van der Waals surface area contributed by atoms with Crippen molar-refractivity contribution in [2.24, 2.45) is 0 Å². The van der Waals surface area contributed by atoms with Crippen molar-refractivity contribution in [1.82, 2.24) is 5.32 Å². The molecular formula is C16H26N2O3S. The molecule has 1 rings (SSSR count). The maximum Gasteiger partial charge on any atom is 0.253 e. The summed E-state index contributed by atoms with van der Waals surface area (Å²) in [6, 6.07) is 7.36. The largest absolute Gasteiger partial charge is 0.384 e. The van der Waals surface area contributed by atoms with Gasteiger partial charge in [0.1, 0.15) is 9.84 Å². The minimum atomic E-state index is -2.97. The molecule has 1 aromatic carbocycles. The third-order valence-electron chi connectivity index (χ3n) is 3.37. The molecule has 0 spiro atoms. The Morgan fingerprint density at radius 2 is 1.82 bits per heavy atom. The Balaban J connectivity index is 2.51. The minimum absolute atomic E-state index is 0.111. The second-order valence-electron chi connectivity index (χ2n) is 5.17. The highest BCUT2D eigenvalue weighted by atomic mass is 32.2. The number of para-hydroxylation sites is 1. The highest BCUT2D eigenvalue weighted by Gasteiger charge is 2.11. The number of nitrogens with one attached hydrogen (secondary N) is 2. The highest BCUT2D eigenvalue weighted by Crippen LogP contribution is 2.15. The van der Waals surface area contributed by atoms with E-state index < -0.39 is 9.84 Å². The van der Waals surface area contributed by atoms with E-state index in [1.54, 1.807) is 13.0 Å². The molecule has 0 heterocycles. The first-order valence-electron chi connectivity index (χ1n) is 7.81. The fraction of sp³-hybridized carbons (Fsp3) is 0.562. The van der Waals surface area contributed by atoms with Crippen molar-refractivity contribution in [3.63, 3.8) is 0 Å². The van der Waals surface area contributed by atoms with E-state index in [2.05, 4.69) is 17.6 Å². The van der Waals surface area contributed by atoms with Crippen LogP contribution >= 0.6 is 0 Å². The molecule has 0 aliphatic heterocycles. The van der Waals surface area contributed by atoms with E-state index in [-0.39, 0.29) is 17.4 Å². The molecule has 1 amide bonds. The van der Waals surface area contributed by atoms with Crippen molar-refractivity contribution in [2.75, 3.05) is 29.9 Å². The smallest absolute Gasteiger partial charge is 0.253 e. The molecule has 22 heavy (non-hydrogen) atoms. The van der Waals surface area contributed by atoms with Crippen LogP contribution in [-0.2, 0) is 9.84 Å². The van der Waals surface area contributed by atoms with Gasteiger partial charge in [0.2, 0.25) is 0 Å². The zero-order chi connectivity index (χ0) is 16.4. The van der Waals surface area contributed by atoms with Gasteiger partial charge in [-0.2, -0.15) is 0 Å². The Morgan fingerprint density at radius 1 is 1.09 bits per heavy atom. The van der Waals surface area contributed by atoms with Gasteiger partial charge in [-0.1, -0.05) is 32.4 Å². The number of carbonyl (C=O) groups is 1. The van der Waals surface area contributed by atoms with E-state index in [1.165, 1.54) is 0 Å². The summed E-state index contributed by atoms with van der Waals surface area (Å²) < 4.78 is 22.8.